The van der Waals surface area contributed by atoms with Crippen molar-refractivity contribution in [3.05, 3.63) is 62.2 Å². The first kappa shape index (κ1) is 14.4. The molecule has 0 aliphatic carbocycles. The third-order valence-electron chi connectivity index (χ3n) is 2.85. The fraction of sp³-hybridized carbons (Fsp3) is 0. The number of aromatic carboxylic acids is 1. The summed E-state index contributed by atoms with van der Waals surface area (Å²) in [6.45, 7) is 0. The van der Waals surface area contributed by atoms with Crippen molar-refractivity contribution in [3.8, 4) is 0 Å². The molecule has 8 heteroatoms. The summed E-state index contributed by atoms with van der Waals surface area (Å²) in [5.41, 5.74) is 0.678. The Labute approximate surface area is 133 Å². The molecule has 0 aliphatic rings. The van der Waals surface area contributed by atoms with E-state index >= 15 is 0 Å². The molecule has 0 unspecified atom stereocenters. The van der Waals surface area contributed by atoms with Gasteiger partial charge >= 0.3 is 5.97 Å². The zero-order valence-electron chi connectivity index (χ0n) is 10.9. The second kappa shape index (κ2) is 5.70. The van der Waals surface area contributed by atoms with Crippen LogP contribution in [0.25, 0.3) is 17.1 Å². The second-order valence-corrected chi connectivity index (χ2v) is 5.67. The van der Waals surface area contributed by atoms with Crippen LogP contribution in [-0.4, -0.2) is 25.4 Å². The quantitative estimate of drug-likeness (QED) is 0.796. The summed E-state index contributed by atoms with van der Waals surface area (Å²) in [6, 6.07) is 3.59. The first-order valence-corrected chi connectivity index (χ1v) is 7.29. The van der Waals surface area contributed by atoms with Gasteiger partial charge in [-0.05, 0) is 23.8 Å². The smallest absolute Gasteiger partial charge is 0.347 e. The summed E-state index contributed by atoms with van der Waals surface area (Å²) in [7, 11) is 0. The van der Waals surface area contributed by atoms with Crippen molar-refractivity contribution in [2.75, 3.05) is 0 Å². The van der Waals surface area contributed by atoms with E-state index in [1.807, 2.05) is 0 Å². The highest BCUT2D eigenvalue weighted by atomic mass is 35.5. The Morgan fingerprint density at radius 2 is 2.05 bits per heavy atom. The van der Waals surface area contributed by atoms with Crippen molar-refractivity contribution >= 4 is 46.0 Å². The number of aromatic nitrogens is 3. The van der Waals surface area contributed by atoms with Crippen LogP contribution in [0.4, 0.5) is 0 Å². The number of carboxylic acids is 1. The van der Waals surface area contributed by atoms with Gasteiger partial charge < -0.3 is 5.11 Å². The van der Waals surface area contributed by atoms with E-state index in [1.165, 1.54) is 6.20 Å². The van der Waals surface area contributed by atoms with Crippen LogP contribution in [0.2, 0.25) is 5.02 Å². The average Bonchev–Trinajstić information content (AvgIpc) is 2.95. The average molecular weight is 334 g/mol. The normalized spacial score (nSPS) is 11.3. The Hall–Kier alpha value is -2.51. The lowest BCUT2D eigenvalue weighted by Crippen LogP contribution is -2.14. The number of hydrogen-bond donors (Lipinski definition) is 1. The van der Waals surface area contributed by atoms with E-state index in [2.05, 4.69) is 9.97 Å². The zero-order valence-corrected chi connectivity index (χ0v) is 12.5. The van der Waals surface area contributed by atoms with E-state index in [0.717, 1.165) is 21.3 Å². The number of carbonyl (C=O) groups is 1. The molecule has 0 aliphatic heterocycles. The van der Waals surface area contributed by atoms with Crippen LogP contribution in [0.5, 0.6) is 0 Å². The molecule has 3 heterocycles. The third kappa shape index (κ3) is 2.63. The maximum atomic E-state index is 12.2. The standard InChI is InChI=1S/C14H8ClN3O3S/c15-11-9(2-1-8-3-5-16-6-4-8)17-14-18(12(11)19)7-10(22-14)13(20)21/h1-7H,(H,20,21)/b2-1+. The topological polar surface area (TPSA) is 84.6 Å². The Morgan fingerprint density at radius 3 is 2.73 bits per heavy atom. The van der Waals surface area contributed by atoms with E-state index < -0.39 is 11.5 Å². The minimum atomic E-state index is -1.11. The van der Waals surface area contributed by atoms with Crippen molar-refractivity contribution in [3.63, 3.8) is 0 Å². The monoisotopic (exact) mass is 333 g/mol. The number of carboxylic acid groups (broad SMARTS) is 1. The number of hydrogen-bond acceptors (Lipinski definition) is 5. The molecule has 0 spiro atoms. The maximum Gasteiger partial charge on any atom is 0.347 e. The predicted molar refractivity (Wildman–Crippen MR) is 84.5 cm³/mol. The fourth-order valence-electron chi connectivity index (χ4n) is 1.79. The number of rotatable bonds is 3. The van der Waals surface area contributed by atoms with Gasteiger partial charge in [0.05, 0.1) is 5.69 Å². The lowest BCUT2D eigenvalue weighted by atomic mass is 10.2. The summed E-state index contributed by atoms with van der Waals surface area (Å²) < 4.78 is 1.14. The van der Waals surface area contributed by atoms with Crippen LogP contribution < -0.4 is 5.56 Å². The van der Waals surface area contributed by atoms with Gasteiger partial charge in [0.25, 0.3) is 5.56 Å². The number of nitrogens with zero attached hydrogens (tertiary/aromatic N) is 3. The van der Waals surface area contributed by atoms with Gasteiger partial charge in [-0.1, -0.05) is 29.0 Å². The van der Waals surface area contributed by atoms with Crippen LogP contribution in [0.15, 0.2) is 35.5 Å². The molecule has 0 fully saturated rings. The number of thiazole rings is 1. The van der Waals surface area contributed by atoms with Gasteiger partial charge in [-0.3, -0.25) is 14.2 Å². The van der Waals surface area contributed by atoms with Gasteiger partial charge in [0.15, 0.2) is 4.96 Å². The van der Waals surface area contributed by atoms with Crippen molar-refractivity contribution in [2.24, 2.45) is 0 Å². The summed E-state index contributed by atoms with van der Waals surface area (Å²) in [6.07, 6.45) is 7.87. The molecule has 0 saturated carbocycles. The zero-order chi connectivity index (χ0) is 15.7. The highest BCUT2D eigenvalue weighted by Gasteiger charge is 2.14. The summed E-state index contributed by atoms with van der Waals surface area (Å²) >= 11 is 6.94. The summed E-state index contributed by atoms with van der Waals surface area (Å²) in [5.74, 6) is -1.11. The van der Waals surface area contributed by atoms with Gasteiger partial charge in [-0.25, -0.2) is 9.78 Å². The molecule has 3 rings (SSSR count). The van der Waals surface area contributed by atoms with Gasteiger partial charge in [0.2, 0.25) is 0 Å². The van der Waals surface area contributed by atoms with Crippen LogP contribution in [-0.2, 0) is 0 Å². The minimum absolute atomic E-state index is 0.0240. The Bertz CT molecular complexity index is 947. The molecule has 0 bridgehead atoms. The molecular formula is C14H8ClN3O3S. The largest absolute Gasteiger partial charge is 0.477 e. The summed E-state index contributed by atoms with van der Waals surface area (Å²) in [4.78, 5) is 31.6. The van der Waals surface area contributed by atoms with Gasteiger partial charge in [0, 0.05) is 18.6 Å². The Kier molecular flexibility index (Phi) is 3.74. The van der Waals surface area contributed by atoms with Crippen LogP contribution in [0.1, 0.15) is 20.9 Å². The SMILES string of the molecule is O=C(O)c1cn2c(=O)c(Cl)c(/C=C/c3ccncc3)nc2s1. The molecule has 6 nitrogen and oxygen atoms in total. The van der Waals surface area contributed by atoms with Crippen LogP contribution in [0, 0.1) is 0 Å². The molecule has 0 amide bonds. The molecule has 3 aromatic heterocycles. The molecule has 3 aromatic rings. The van der Waals surface area contributed by atoms with Crippen molar-refractivity contribution < 1.29 is 9.90 Å². The highest BCUT2D eigenvalue weighted by molar-refractivity contribution is 7.18. The molecule has 22 heavy (non-hydrogen) atoms. The highest BCUT2D eigenvalue weighted by Crippen LogP contribution is 2.19. The van der Waals surface area contributed by atoms with Crippen LogP contribution >= 0.6 is 22.9 Å². The Morgan fingerprint density at radius 1 is 1.32 bits per heavy atom. The molecule has 0 atom stereocenters. The van der Waals surface area contributed by atoms with Crippen LogP contribution in [0.3, 0.4) is 0 Å². The van der Waals surface area contributed by atoms with Crippen molar-refractivity contribution in [2.45, 2.75) is 0 Å². The second-order valence-electron chi connectivity index (χ2n) is 4.28. The maximum absolute atomic E-state index is 12.2. The Balaban J connectivity index is 2.10. The fourth-order valence-corrected chi connectivity index (χ4v) is 2.81. The number of pyridine rings is 1. The van der Waals surface area contributed by atoms with Crippen molar-refractivity contribution in [1.29, 1.82) is 0 Å². The van der Waals surface area contributed by atoms with Gasteiger partial charge in [-0.15, -0.1) is 0 Å². The van der Waals surface area contributed by atoms with Gasteiger partial charge in [-0.2, -0.15) is 0 Å². The van der Waals surface area contributed by atoms with E-state index in [0.29, 0.717) is 5.69 Å². The molecule has 110 valence electrons. The molecular weight excluding hydrogens is 326 g/mol. The molecule has 0 aromatic carbocycles. The first-order chi connectivity index (χ1) is 10.6. The minimum Gasteiger partial charge on any atom is -0.477 e. The van der Waals surface area contributed by atoms with Gasteiger partial charge in [0.1, 0.15) is 9.90 Å². The predicted octanol–water partition coefficient (Wildman–Crippen LogP) is 2.67. The third-order valence-corrected chi connectivity index (χ3v) is 4.18. The van der Waals surface area contributed by atoms with E-state index in [-0.39, 0.29) is 14.9 Å². The summed E-state index contributed by atoms with van der Waals surface area (Å²) in [5, 5.41) is 8.92. The van der Waals surface area contributed by atoms with Crippen molar-refractivity contribution in [1.82, 2.24) is 14.4 Å². The molecule has 0 saturated heterocycles. The number of halogens is 1. The lowest BCUT2D eigenvalue weighted by molar-refractivity contribution is 0.0702. The lowest BCUT2D eigenvalue weighted by Gasteiger charge is -1.98. The molecule has 0 radical (unpaired) electrons. The van der Waals surface area contributed by atoms with E-state index in [9.17, 15) is 9.59 Å². The van der Waals surface area contributed by atoms with E-state index in [4.69, 9.17) is 16.7 Å². The molecule has 1 N–H and O–H groups in total. The number of fused-ring (bicyclic) bond motifs is 1. The van der Waals surface area contributed by atoms with E-state index in [1.54, 1.807) is 36.7 Å². The first-order valence-electron chi connectivity index (χ1n) is 6.09.